The van der Waals surface area contributed by atoms with Gasteiger partial charge in [0.15, 0.2) is 12.6 Å². The Hall–Kier alpha value is -2.57. The molecule has 0 radical (unpaired) electrons. The molecule has 12 unspecified atom stereocenters. The maximum atomic E-state index is 13.3. The molecular weight excluding hydrogens is 1030 g/mol. The molecule has 0 saturated carbocycles. The van der Waals surface area contributed by atoms with Crippen LogP contribution in [0.3, 0.4) is 0 Å². The van der Waals surface area contributed by atoms with Crippen LogP contribution in [-0.4, -0.2) is 140 Å². The Kier molecular flexibility index (Phi) is 47.7. The SMILES string of the molecule is CCCCCCC/C=C\C/C=C\C/C=C\CCCCCCCCCCC(=O)NC(COC1OC(CO)C(OC2OC(CO)C(O)C(O)C2O)C(O)C1O)C(O)/C=C/CC/C=C/CC/C=C/CCCCCCCCCCCCCCCC. The number of allylic oxidation sites excluding steroid dienone is 11. The zero-order valence-corrected chi connectivity index (χ0v) is 50.8. The summed E-state index contributed by atoms with van der Waals surface area (Å²) in [6.45, 7) is 2.77. The number of nitrogens with one attached hydrogen (secondary N) is 1. The number of hydrogen-bond acceptors (Lipinski definition) is 13. The lowest BCUT2D eigenvalue weighted by Gasteiger charge is -2.46. The quantitative estimate of drug-likeness (QED) is 0.0204. The second-order valence-electron chi connectivity index (χ2n) is 22.9. The Labute approximate surface area is 491 Å². The molecule has 470 valence electrons. The van der Waals surface area contributed by atoms with Gasteiger partial charge in [-0.1, -0.05) is 234 Å². The summed E-state index contributed by atoms with van der Waals surface area (Å²) in [5.41, 5.74) is 0. The van der Waals surface area contributed by atoms with Gasteiger partial charge in [0, 0.05) is 6.42 Å². The van der Waals surface area contributed by atoms with Gasteiger partial charge in [0.1, 0.15) is 48.8 Å². The minimum atomic E-state index is -1.80. The Morgan fingerprint density at radius 1 is 0.444 bits per heavy atom. The van der Waals surface area contributed by atoms with Crippen molar-refractivity contribution in [3.63, 3.8) is 0 Å². The minimum absolute atomic E-state index is 0.259. The largest absolute Gasteiger partial charge is 0.394 e. The summed E-state index contributed by atoms with van der Waals surface area (Å²) in [6, 6.07) is -0.947. The van der Waals surface area contributed by atoms with Gasteiger partial charge >= 0.3 is 0 Å². The summed E-state index contributed by atoms with van der Waals surface area (Å²) >= 11 is 0. The summed E-state index contributed by atoms with van der Waals surface area (Å²) in [6.07, 6.45) is 52.3. The van der Waals surface area contributed by atoms with Crippen LogP contribution in [0.4, 0.5) is 0 Å². The van der Waals surface area contributed by atoms with Crippen molar-refractivity contribution in [2.75, 3.05) is 19.8 Å². The summed E-state index contributed by atoms with van der Waals surface area (Å²) in [5.74, 6) is -0.261. The van der Waals surface area contributed by atoms with E-state index in [0.717, 1.165) is 70.6 Å². The first kappa shape index (κ1) is 74.5. The summed E-state index contributed by atoms with van der Waals surface area (Å²) < 4.78 is 22.8. The zero-order valence-electron chi connectivity index (χ0n) is 50.8. The maximum absolute atomic E-state index is 13.3. The summed E-state index contributed by atoms with van der Waals surface area (Å²) in [5, 5.41) is 87.3. The molecule has 0 bridgehead atoms. The van der Waals surface area contributed by atoms with Crippen molar-refractivity contribution in [3.8, 4) is 0 Å². The Morgan fingerprint density at radius 2 is 0.827 bits per heavy atom. The van der Waals surface area contributed by atoms with E-state index < -0.39 is 86.8 Å². The maximum Gasteiger partial charge on any atom is 0.220 e. The Balaban J connectivity index is 1.76. The van der Waals surface area contributed by atoms with Crippen molar-refractivity contribution in [2.45, 2.75) is 325 Å². The van der Waals surface area contributed by atoms with Crippen LogP contribution in [0, 0.1) is 0 Å². The van der Waals surface area contributed by atoms with Crippen molar-refractivity contribution in [1.82, 2.24) is 5.32 Å². The second-order valence-corrected chi connectivity index (χ2v) is 22.9. The van der Waals surface area contributed by atoms with Crippen LogP contribution in [0.2, 0.25) is 0 Å². The molecule has 14 nitrogen and oxygen atoms in total. The third kappa shape index (κ3) is 36.8. The Bertz CT molecular complexity index is 1630. The predicted molar refractivity (Wildman–Crippen MR) is 327 cm³/mol. The van der Waals surface area contributed by atoms with Gasteiger partial charge in [0.05, 0.1) is 32.0 Å². The van der Waals surface area contributed by atoms with Crippen molar-refractivity contribution in [2.24, 2.45) is 0 Å². The number of carbonyl (C=O) groups excluding carboxylic acids is 1. The minimum Gasteiger partial charge on any atom is -0.394 e. The molecular formula is C67H119NO13. The van der Waals surface area contributed by atoms with Crippen molar-refractivity contribution in [1.29, 1.82) is 0 Å². The number of carbonyl (C=O) groups is 1. The molecule has 2 saturated heterocycles. The van der Waals surface area contributed by atoms with Crippen LogP contribution in [0.25, 0.3) is 0 Å². The molecule has 2 rings (SSSR count). The second kappa shape index (κ2) is 51.8. The molecule has 2 aliphatic heterocycles. The fourth-order valence-corrected chi connectivity index (χ4v) is 10.3. The van der Waals surface area contributed by atoms with Gasteiger partial charge in [-0.25, -0.2) is 0 Å². The van der Waals surface area contributed by atoms with E-state index in [1.165, 1.54) is 148 Å². The van der Waals surface area contributed by atoms with Gasteiger partial charge in [-0.2, -0.15) is 0 Å². The van der Waals surface area contributed by atoms with E-state index in [2.05, 4.69) is 79.9 Å². The van der Waals surface area contributed by atoms with Crippen LogP contribution >= 0.6 is 0 Å². The van der Waals surface area contributed by atoms with Gasteiger partial charge in [-0.05, 0) is 83.5 Å². The highest BCUT2D eigenvalue weighted by atomic mass is 16.7. The van der Waals surface area contributed by atoms with E-state index >= 15 is 0 Å². The molecule has 0 aromatic rings. The first-order valence-corrected chi connectivity index (χ1v) is 32.7. The molecule has 9 N–H and O–H groups in total. The van der Waals surface area contributed by atoms with E-state index in [1.54, 1.807) is 6.08 Å². The highest BCUT2D eigenvalue weighted by Gasteiger charge is 2.51. The normalized spacial score (nSPS) is 24.6. The number of amides is 1. The number of rotatable bonds is 52. The van der Waals surface area contributed by atoms with E-state index in [-0.39, 0.29) is 18.9 Å². The molecule has 2 aliphatic rings. The molecule has 81 heavy (non-hydrogen) atoms. The number of hydrogen-bond donors (Lipinski definition) is 9. The summed E-state index contributed by atoms with van der Waals surface area (Å²) in [7, 11) is 0. The monoisotopic (exact) mass is 1150 g/mol. The van der Waals surface area contributed by atoms with Crippen LogP contribution in [-0.2, 0) is 23.7 Å². The fourth-order valence-electron chi connectivity index (χ4n) is 10.3. The molecule has 0 aliphatic carbocycles. The molecule has 2 heterocycles. The molecule has 2 fully saturated rings. The van der Waals surface area contributed by atoms with Crippen LogP contribution < -0.4 is 5.32 Å². The first-order chi connectivity index (χ1) is 39.6. The lowest BCUT2D eigenvalue weighted by atomic mass is 9.97. The van der Waals surface area contributed by atoms with Crippen LogP contribution in [0.1, 0.15) is 251 Å². The third-order valence-corrected chi connectivity index (χ3v) is 15.6. The van der Waals surface area contributed by atoms with Gasteiger partial charge in [0.25, 0.3) is 0 Å². The number of unbranched alkanes of at least 4 members (excludes halogenated alkanes) is 29. The van der Waals surface area contributed by atoms with Crippen LogP contribution in [0.15, 0.2) is 72.9 Å². The average Bonchev–Trinajstić information content (AvgIpc) is 3.47. The molecule has 14 heteroatoms. The van der Waals surface area contributed by atoms with Gasteiger partial charge in [-0.3, -0.25) is 4.79 Å². The first-order valence-electron chi connectivity index (χ1n) is 32.7. The van der Waals surface area contributed by atoms with Gasteiger partial charge in [-0.15, -0.1) is 0 Å². The summed E-state index contributed by atoms with van der Waals surface area (Å²) in [4.78, 5) is 13.3. The van der Waals surface area contributed by atoms with Gasteiger partial charge in [0.2, 0.25) is 5.91 Å². The fraction of sp³-hybridized carbons (Fsp3) is 0.806. The van der Waals surface area contributed by atoms with Crippen molar-refractivity contribution < 1.29 is 64.6 Å². The average molecular weight is 1150 g/mol. The predicted octanol–water partition coefficient (Wildman–Crippen LogP) is 12.3. The highest BCUT2D eigenvalue weighted by Crippen LogP contribution is 2.30. The lowest BCUT2D eigenvalue weighted by molar-refractivity contribution is -0.359. The van der Waals surface area contributed by atoms with Crippen molar-refractivity contribution in [3.05, 3.63) is 72.9 Å². The van der Waals surface area contributed by atoms with E-state index in [4.69, 9.17) is 18.9 Å². The number of aliphatic hydroxyl groups is 8. The standard InChI is InChI=1S/C67H119NO13/c1-3-5-7-9-11-13-15-17-19-21-23-25-27-29-30-32-34-36-38-40-42-44-46-48-50-56(71)55(54-78-66-64(77)62(75)65(58(53-70)80-66)81-67-63(76)61(74)60(73)57(52-69)79-67)68-59(72)51-49-47-45-43-41-39-37-35-33-31-28-26-24-22-20-18-16-14-12-10-8-6-4-2/h16,18,22,24,28,31-32,34,40,42,48,50,55-58,60-67,69-71,73-77H,3-15,17,19-21,23,25-27,29-30,33,35-39,41,43-47,49,51-54H2,1-2H3,(H,68,72)/b18-16-,24-22-,31-28-,34-32+,42-40+,50-48+. The molecule has 1 amide bonds. The number of ether oxygens (including phenoxy) is 4. The zero-order chi connectivity index (χ0) is 58.8. The van der Waals surface area contributed by atoms with Gasteiger partial charge < -0.3 is 65.1 Å². The smallest absolute Gasteiger partial charge is 0.220 e. The molecule has 0 aromatic carbocycles. The molecule has 0 aromatic heterocycles. The third-order valence-electron chi connectivity index (χ3n) is 15.6. The Morgan fingerprint density at radius 3 is 1.30 bits per heavy atom. The number of aliphatic hydroxyl groups excluding tert-OH is 8. The topological polar surface area (TPSA) is 228 Å². The molecule has 12 atom stereocenters. The highest BCUT2D eigenvalue weighted by molar-refractivity contribution is 5.76. The van der Waals surface area contributed by atoms with Crippen molar-refractivity contribution >= 4 is 5.91 Å². The van der Waals surface area contributed by atoms with E-state index in [9.17, 15) is 45.6 Å². The van der Waals surface area contributed by atoms with E-state index in [0.29, 0.717) is 12.8 Å². The van der Waals surface area contributed by atoms with Crippen LogP contribution in [0.5, 0.6) is 0 Å². The molecule has 0 spiro atoms. The van der Waals surface area contributed by atoms with E-state index in [1.807, 2.05) is 6.08 Å². The lowest BCUT2D eigenvalue weighted by Crippen LogP contribution is -2.65.